The molecule has 2 aromatic rings. The molecule has 0 saturated heterocycles. The first-order valence-corrected chi connectivity index (χ1v) is 13.8. The summed E-state index contributed by atoms with van der Waals surface area (Å²) in [4.78, 5) is 25.3. The lowest BCUT2D eigenvalue weighted by Gasteiger charge is -2.18. The quantitative estimate of drug-likeness (QED) is 0.280. The average Bonchev–Trinajstić information content (AvgIpc) is 2.59. The van der Waals surface area contributed by atoms with Gasteiger partial charge in [0, 0.05) is 31.2 Å². The number of carbonyl (C=O) groups excluding carboxylic acids is 1. The van der Waals surface area contributed by atoms with Gasteiger partial charge >= 0.3 is 5.97 Å². The molecule has 1 aromatic carbocycles. The molecule has 5 nitrogen and oxygen atoms in total. The largest absolute Gasteiger partial charge is 0.462 e. The summed E-state index contributed by atoms with van der Waals surface area (Å²) in [5.74, 6) is -1.20. The van der Waals surface area contributed by atoms with Gasteiger partial charge in [0.15, 0.2) is 0 Å². The van der Waals surface area contributed by atoms with Crippen molar-refractivity contribution in [3.63, 3.8) is 0 Å². The molecule has 0 N–H and O–H groups in total. The van der Waals surface area contributed by atoms with Gasteiger partial charge in [-0.05, 0) is 31.4 Å². The predicted octanol–water partition coefficient (Wildman–Crippen LogP) is 4.35. The molecule has 0 aliphatic heterocycles. The summed E-state index contributed by atoms with van der Waals surface area (Å²) in [6, 6.07) is 3.80. The van der Waals surface area contributed by atoms with Crippen molar-refractivity contribution < 1.29 is 18.7 Å². The van der Waals surface area contributed by atoms with Crippen LogP contribution in [-0.4, -0.2) is 38.1 Å². The van der Waals surface area contributed by atoms with Gasteiger partial charge in [-0.1, -0.05) is 19.6 Å². The van der Waals surface area contributed by atoms with Gasteiger partial charge in [-0.15, -0.1) is 11.8 Å². The Morgan fingerprint density at radius 3 is 2.59 bits per heavy atom. The molecule has 0 atom stereocenters. The van der Waals surface area contributed by atoms with Crippen molar-refractivity contribution >= 4 is 36.7 Å². The lowest BCUT2D eigenvalue weighted by atomic mass is 10.1. The second-order valence-corrected chi connectivity index (χ2v) is 13.9. The van der Waals surface area contributed by atoms with Crippen LogP contribution in [0, 0.1) is 5.82 Å². The van der Waals surface area contributed by atoms with Gasteiger partial charge in [0.2, 0.25) is 5.43 Å². The van der Waals surface area contributed by atoms with E-state index in [9.17, 15) is 14.0 Å². The van der Waals surface area contributed by atoms with Crippen LogP contribution in [0.15, 0.2) is 28.0 Å². The smallest absolute Gasteiger partial charge is 0.343 e. The first-order valence-electron chi connectivity index (χ1n) is 8.83. The highest BCUT2D eigenvalue weighted by Crippen LogP contribution is 2.25. The van der Waals surface area contributed by atoms with Gasteiger partial charge in [0.25, 0.3) is 0 Å². The van der Waals surface area contributed by atoms with Crippen molar-refractivity contribution in [1.29, 1.82) is 0 Å². The minimum atomic E-state index is -1.23. The van der Waals surface area contributed by atoms with E-state index in [1.54, 1.807) is 23.8 Å². The summed E-state index contributed by atoms with van der Waals surface area (Å²) in [6.07, 6.45) is 3.21. The van der Waals surface area contributed by atoms with Crippen LogP contribution < -0.4 is 5.43 Å². The predicted molar refractivity (Wildman–Crippen MR) is 110 cm³/mol. The Morgan fingerprint density at radius 1 is 1.30 bits per heavy atom. The van der Waals surface area contributed by atoms with E-state index < -0.39 is 25.3 Å². The van der Waals surface area contributed by atoms with Gasteiger partial charge in [-0.2, -0.15) is 0 Å². The van der Waals surface area contributed by atoms with E-state index in [1.165, 1.54) is 24.0 Å². The molecule has 8 heteroatoms. The number of benzene rings is 1. The Morgan fingerprint density at radius 2 is 2.00 bits per heavy atom. The molecule has 0 aliphatic rings. The zero-order valence-corrected chi connectivity index (χ0v) is 18.2. The average molecular weight is 412 g/mol. The summed E-state index contributed by atoms with van der Waals surface area (Å²) in [6.45, 7) is 9.37. The highest BCUT2D eigenvalue weighted by Gasteiger charge is 2.19. The molecule has 0 radical (unpaired) electrons. The molecular weight excluding hydrogens is 385 g/mol. The molecule has 0 bridgehead atoms. The number of hydrogen-bond acceptors (Lipinski definition) is 5. The Kier molecular flexibility index (Phi) is 7.24. The van der Waals surface area contributed by atoms with Crippen LogP contribution in [0.2, 0.25) is 25.7 Å². The fraction of sp³-hybridized carbons (Fsp3) is 0.474. The third-order valence-electron chi connectivity index (χ3n) is 4.08. The number of nitrogens with zero attached hydrogens (tertiary/aromatic N) is 1. The van der Waals surface area contributed by atoms with Crippen molar-refractivity contribution in [1.82, 2.24) is 4.57 Å². The highest BCUT2D eigenvalue weighted by molar-refractivity contribution is 7.98. The lowest BCUT2D eigenvalue weighted by molar-refractivity contribution is 0.0521. The molecule has 27 heavy (non-hydrogen) atoms. The van der Waals surface area contributed by atoms with Crippen LogP contribution in [0.25, 0.3) is 10.9 Å². The lowest BCUT2D eigenvalue weighted by Crippen LogP contribution is -2.23. The van der Waals surface area contributed by atoms with E-state index in [-0.39, 0.29) is 24.3 Å². The Balaban J connectivity index is 2.49. The van der Waals surface area contributed by atoms with Crippen LogP contribution in [-0.2, 0) is 16.2 Å². The molecule has 2 rings (SSSR count). The number of pyridine rings is 1. The summed E-state index contributed by atoms with van der Waals surface area (Å²) < 4.78 is 26.7. The van der Waals surface area contributed by atoms with Gasteiger partial charge in [-0.25, -0.2) is 9.18 Å². The number of halogens is 1. The molecule has 0 saturated carbocycles. The van der Waals surface area contributed by atoms with Gasteiger partial charge in [-0.3, -0.25) is 4.79 Å². The maximum absolute atomic E-state index is 14.2. The van der Waals surface area contributed by atoms with Crippen molar-refractivity contribution in [3.05, 3.63) is 39.9 Å². The van der Waals surface area contributed by atoms with Crippen molar-refractivity contribution in [2.24, 2.45) is 0 Å². The highest BCUT2D eigenvalue weighted by atomic mass is 32.2. The first kappa shape index (κ1) is 21.7. The SMILES string of the molecule is CCOC(=O)c1cn(COCC[Si](C)(C)C)c2cc(SC)c(F)cc2c1=O. The number of carbonyl (C=O) groups is 1. The van der Waals surface area contributed by atoms with Gasteiger partial charge < -0.3 is 14.0 Å². The second-order valence-electron chi connectivity index (χ2n) is 7.41. The standard InChI is InChI=1S/C19H26FNO4SSi/c1-6-25-19(23)14-11-21(12-24-7-8-27(3,4)5)16-10-17(26-2)15(20)9-13(16)18(14)22/h9-11H,6-8,12H2,1-5H3. The van der Waals surface area contributed by atoms with E-state index >= 15 is 0 Å². The van der Waals surface area contributed by atoms with E-state index in [4.69, 9.17) is 9.47 Å². The van der Waals surface area contributed by atoms with Crippen LogP contribution in [0.3, 0.4) is 0 Å². The molecule has 1 aromatic heterocycles. The number of ether oxygens (including phenoxy) is 2. The van der Waals surface area contributed by atoms with Crippen LogP contribution in [0.4, 0.5) is 4.39 Å². The summed E-state index contributed by atoms with van der Waals surface area (Å²) in [5, 5.41) is 0.143. The fourth-order valence-corrected chi connectivity index (χ4v) is 3.79. The minimum absolute atomic E-state index is 0.116. The molecule has 148 valence electrons. The van der Waals surface area contributed by atoms with Crippen molar-refractivity contribution in [2.75, 3.05) is 19.5 Å². The molecule has 0 amide bonds. The zero-order valence-electron chi connectivity index (χ0n) is 16.4. The number of hydrogen-bond donors (Lipinski definition) is 0. The molecule has 0 spiro atoms. The van der Waals surface area contributed by atoms with Crippen LogP contribution >= 0.6 is 11.8 Å². The van der Waals surface area contributed by atoms with E-state index in [0.717, 1.165) is 6.04 Å². The summed E-state index contributed by atoms with van der Waals surface area (Å²) in [5.41, 5.74) is -0.116. The number of esters is 1. The molecule has 1 heterocycles. The first-order chi connectivity index (χ1) is 12.7. The maximum atomic E-state index is 14.2. The van der Waals surface area contributed by atoms with E-state index in [1.807, 2.05) is 0 Å². The number of fused-ring (bicyclic) bond motifs is 1. The van der Waals surface area contributed by atoms with E-state index in [0.29, 0.717) is 17.0 Å². The van der Waals surface area contributed by atoms with Gasteiger partial charge in [0.1, 0.15) is 18.1 Å². The number of rotatable bonds is 8. The van der Waals surface area contributed by atoms with Crippen molar-refractivity contribution in [3.8, 4) is 0 Å². The Labute approximate surface area is 163 Å². The number of aromatic nitrogens is 1. The van der Waals surface area contributed by atoms with Gasteiger partial charge in [0.05, 0.1) is 12.1 Å². The summed E-state index contributed by atoms with van der Waals surface area (Å²) in [7, 11) is -1.23. The fourth-order valence-electron chi connectivity index (χ4n) is 2.55. The topological polar surface area (TPSA) is 57.5 Å². The Hall–Kier alpha value is -1.64. The molecule has 0 aliphatic carbocycles. The third-order valence-corrected chi connectivity index (χ3v) is 6.53. The van der Waals surface area contributed by atoms with Crippen molar-refractivity contribution in [2.45, 2.75) is 44.2 Å². The Bertz CT molecular complexity index is 892. The second kappa shape index (κ2) is 9.03. The van der Waals surface area contributed by atoms with Crippen LogP contribution in [0.1, 0.15) is 17.3 Å². The molecule has 0 unspecified atom stereocenters. The molecular formula is C19H26FNO4SSi. The zero-order chi connectivity index (χ0) is 20.2. The third kappa shape index (κ3) is 5.43. The van der Waals surface area contributed by atoms with E-state index in [2.05, 4.69) is 19.6 Å². The summed E-state index contributed by atoms with van der Waals surface area (Å²) >= 11 is 1.26. The maximum Gasteiger partial charge on any atom is 0.343 e. The monoisotopic (exact) mass is 411 g/mol. The molecule has 0 fully saturated rings. The normalized spacial score (nSPS) is 11.8. The van der Waals surface area contributed by atoms with Crippen LogP contribution in [0.5, 0.6) is 0 Å². The number of thioether (sulfide) groups is 1. The minimum Gasteiger partial charge on any atom is -0.462 e.